The van der Waals surface area contributed by atoms with E-state index in [-0.39, 0.29) is 37.5 Å². The molecule has 0 aliphatic carbocycles. The van der Waals surface area contributed by atoms with Crippen LogP contribution >= 0.6 is 0 Å². The van der Waals surface area contributed by atoms with Gasteiger partial charge in [-0.1, -0.05) is 162 Å². The molecule has 0 atom stereocenters. The van der Waals surface area contributed by atoms with Gasteiger partial charge in [0.25, 0.3) is 0 Å². The molecule has 0 saturated carbocycles. The molecule has 5 heteroatoms. The zero-order valence-electron chi connectivity index (χ0n) is 41.3. The van der Waals surface area contributed by atoms with Crippen LogP contribution < -0.4 is 4.74 Å². The molecule has 0 amide bonds. The number of benzene rings is 7. The quantitative estimate of drug-likeness (QED) is 0.142. The minimum Gasteiger partial charge on any atom is -0.665 e. The standard InChI is InChI=1S/C60H55N3O.Pt/c1-38-30-40(3)57(64-10)52(31-38)58-62-56-49(22-17-23-54(56)63(58)55-37-50(42-18-13-11-14-19-42)39(2)32-51(55)43-20-15-12-16-21-43)45-33-46(35-48(34-45)60(7,8)9)53-36-44(28-29-61-53)41-24-26-47(27-25-41)59(4,5)6;/h11-32,34-37H,10H2,1-9H3;/q-2;+2/i2D3;. The van der Waals surface area contributed by atoms with Crippen molar-refractivity contribution >= 4 is 11.0 Å². The first kappa shape index (κ1) is 41.4. The molecule has 0 aliphatic rings. The molecule has 0 saturated heterocycles. The molecule has 0 fully saturated rings. The number of rotatable bonds is 8. The maximum absolute atomic E-state index is 8.81. The molecule has 7 aromatic carbocycles. The molecule has 0 aliphatic heterocycles. The second-order valence-corrected chi connectivity index (χ2v) is 18.9. The van der Waals surface area contributed by atoms with Crippen LogP contribution in [0.5, 0.6) is 5.75 Å². The number of para-hydroxylation sites is 1. The summed E-state index contributed by atoms with van der Waals surface area (Å²) in [5, 5.41) is 0. The van der Waals surface area contributed by atoms with E-state index in [1.165, 1.54) is 5.56 Å². The molecule has 0 bridgehead atoms. The van der Waals surface area contributed by atoms with Gasteiger partial charge < -0.3 is 4.74 Å². The molecular formula is C60H55N3OPt. The van der Waals surface area contributed by atoms with Gasteiger partial charge in [-0.25, -0.2) is 4.98 Å². The zero-order valence-corrected chi connectivity index (χ0v) is 40.6. The topological polar surface area (TPSA) is 39.9 Å². The summed E-state index contributed by atoms with van der Waals surface area (Å²) in [5.74, 6) is 1.24. The average molecular weight is 1030 g/mol. The largest absolute Gasteiger partial charge is 2.00 e. The van der Waals surface area contributed by atoms with Crippen molar-refractivity contribution in [2.45, 2.75) is 73.1 Å². The van der Waals surface area contributed by atoms with E-state index in [2.05, 4.69) is 145 Å². The Kier molecular flexibility index (Phi) is 11.4. The summed E-state index contributed by atoms with van der Waals surface area (Å²) >= 11 is 0. The summed E-state index contributed by atoms with van der Waals surface area (Å²) < 4.78 is 34.5. The molecule has 65 heavy (non-hydrogen) atoms. The van der Waals surface area contributed by atoms with E-state index in [1.54, 1.807) is 0 Å². The van der Waals surface area contributed by atoms with Gasteiger partial charge in [0.15, 0.2) is 0 Å². The van der Waals surface area contributed by atoms with Gasteiger partial charge in [0, 0.05) is 21.6 Å². The van der Waals surface area contributed by atoms with Gasteiger partial charge >= 0.3 is 21.1 Å². The third-order valence-corrected chi connectivity index (χ3v) is 12.2. The van der Waals surface area contributed by atoms with Crippen LogP contribution in [0.4, 0.5) is 0 Å². The first-order chi connectivity index (χ1) is 31.9. The fraction of sp³-hybridized carbons (Fsp3) is 0.183. The maximum atomic E-state index is 8.81. The van der Waals surface area contributed by atoms with E-state index < -0.39 is 6.85 Å². The van der Waals surface area contributed by atoms with Crippen LogP contribution in [-0.4, -0.2) is 14.5 Å². The molecule has 9 rings (SSSR count). The van der Waals surface area contributed by atoms with Crippen molar-refractivity contribution in [3.8, 4) is 78.6 Å². The molecule has 0 N–H and O–H groups in total. The Hall–Kier alpha value is -6.35. The average Bonchev–Trinajstić information content (AvgIpc) is 3.70. The number of hydrogen-bond acceptors (Lipinski definition) is 3. The van der Waals surface area contributed by atoms with E-state index in [1.807, 2.05) is 85.9 Å². The monoisotopic (exact) mass is 1030 g/mol. The van der Waals surface area contributed by atoms with Crippen LogP contribution in [0.1, 0.15) is 73.5 Å². The summed E-state index contributed by atoms with van der Waals surface area (Å²) in [5.41, 5.74) is 16.3. The van der Waals surface area contributed by atoms with Crippen molar-refractivity contribution < 1.29 is 29.9 Å². The fourth-order valence-corrected chi connectivity index (χ4v) is 8.74. The predicted molar refractivity (Wildman–Crippen MR) is 268 cm³/mol. The maximum Gasteiger partial charge on any atom is 2.00 e. The second kappa shape index (κ2) is 17.9. The Balaban J connectivity index is 0.00000625. The van der Waals surface area contributed by atoms with Gasteiger partial charge in [0.2, 0.25) is 0 Å². The minimum atomic E-state index is -2.40. The first-order valence-corrected chi connectivity index (χ1v) is 21.9. The molecular weight excluding hydrogens is 974 g/mol. The molecule has 4 nitrogen and oxygen atoms in total. The Morgan fingerprint density at radius 2 is 1.25 bits per heavy atom. The fourth-order valence-electron chi connectivity index (χ4n) is 8.74. The molecule has 2 heterocycles. The van der Waals surface area contributed by atoms with E-state index in [0.717, 1.165) is 89.2 Å². The number of aryl methyl sites for hydroxylation is 3. The van der Waals surface area contributed by atoms with Crippen molar-refractivity contribution in [1.29, 1.82) is 0 Å². The summed E-state index contributed by atoms with van der Waals surface area (Å²) in [7, 11) is 3.91. The van der Waals surface area contributed by atoms with Crippen LogP contribution in [0, 0.1) is 33.9 Å². The van der Waals surface area contributed by atoms with Crippen molar-refractivity contribution in [3.05, 3.63) is 199 Å². The SMILES string of the molecule is [2H]C([2H])([2H])c1cc(-c2ccccc2)c(-n2c(-c3cc(C)cc(C)c3O[CH2-])nc3c(-c4[c-]c(-c5cc(-c6ccc(C(C)(C)C)cc6)ccn5)cc(C(C)(C)C)c4)cccc32)cc1-c1ccccc1.[Pt+2]. The third-order valence-electron chi connectivity index (χ3n) is 12.2. The van der Waals surface area contributed by atoms with E-state index in [0.29, 0.717) is 17.1 Å². The van der Waals surface area contributed by atoms with Crippen LogP contribution in [0.25, 0.3) is 83.9 Å². The van der Waals surface area contributed by atoms with E-state index in [9.17, 15) is 0 Å². The number of fused-ring (bicyclic) bond motifs is 1. The van der Waals surface area contributed by atoms with Crippen molar-refractivity contribution in [2.75, 3.05) is 0 Å². The zero-order chi connectivity index (χ0) is 47.4. The number of hydrogen-bond donors (Lipinski definition) is 0. The molecule has 9 aromatic rings. The molecule has 0 spiro atoms. The third kappa shape index (κ3) is 8.90. The molecule has 0 unspecified atom stereocenters. The van der Waals surface area contributed by atoms with Gasteiger partial charge in [0.1, 0.15) is 5.82 Å². The van der Waals surface area contributed by atoms with Gasteiger partial charge in [-0.2, -0.15) is 7.11 Å². The summed E-state index contributed by atoms with van der Waals surface area (Å²) in [4.78, 5) is 10.5. The van der Waals surface area contributed by atoms with Crippen LogP contribution in [0.3, 0.4) is 0 Å². The van der Waals surface area contributed by atoms with E-state index >= 15 is 0 Å². The summed E-state index contributed by atoms with van der Waals surface area (Å²) in [6.07, 6.45) is 1.88. The van der Waals surface area contributed by atoms with Gasteiger partial charge in [-0.15, -0.1) is 29.3 Å². The Morgan fingerprint density at radius 3 is 1.89 bits per heavy atom. The first-order valence-electron chi connectivity index (χ1n) is 23.4. The Morgan fingerprint density at radius 1 is 0.585 bits per heavy atom. The minimum absolute atomic E-state index is 0. The van der Waals surface area contributed by atoms with Crippen molar-refractivity contribution in [3.63, 3.8) is 0 Å². The van der Waals surface area contributed by atoms with Crippen LogP contribution in [0.15, 0.2) is 158 Å². The number of nitrogens with zero attached hydrogens (tertiary/aromatic N) is 3. The summed E-state index contributed by atoms with van der Waals surface area (Å²) in [6, 6.07) is 55.3. The Labute approximate surface area is 403 Å². The second-order valence-electron chi connectivity index (χ2n) is 18.9. The smallest absolute Gasteiger partial charge is 0.665 e. The van der Waals surface area contributed by atoms with E-state index in [4.69, 9.17) is 18.8 Å². The number of ether oxygens (including phenoxy) is 1. The number of imidazole rings is 1. The van der Waals surface area contributed by atoms with Gasteiger partial charge in [-0.05, 0) is 112 Å². The number of pyridine rings is 1. The van der Waals surface area contributed by atoms with Gasteiger partial charge in [0.05, 0.1) is 28.0 Å². The van der Waals surface area contributed by atoms with Crippen molar-refractivity contribution in [1.82, 2.24) is 14.5 Å². The normalized spacial score (nSPS) is 12.6. The van der Waals surface area contributed by atoms with Crippen LogP contribution in [-0.2, 0) is 31.9 Å². The molecule has 2 aromatic heterocycles. The van der Waals surface area contributed by atoms with Crippen LogP contribution in [0.2, 0.25) is 0 Å². The predicted octanol–water partition coefficient (Wildman–Crippen LogP) is 15.9. The summed E-state index contributed by atoms with van der Waals surface area (Å²) in [6.45, 7) is 15.0. The van der Waals surface area contributed by atoms with Crippen molar-refractivity contribution in [2.24, 2.45) is 0 Å². The Bertz CT molecular complexity index is 3290. The van der Waals surface area contributed by atoms with Gasteiger partial charge in [-0.3, -0.25) is 9.55 Å². The number of aromatic nitrogens is 3. The molecule has 326 valence electrons. The molecule has 0 radical (unpaired) electrons.